The van der Waals surface area contributed by atoms with Crippen LogP contribution in [0.15, 0.2) is 121 Å². The SMILES string of the molecule is NCCCOc1cccc(-c2c3nc(c(-c4cccc(OCCCN)c4)c4ccc([nH]4)c(-c4cccc(OCCCN)c4)c4nc(c(-c5cccc(OCCCN)c5)c5ccc2[nH]5)C=C4)C=C3)c1. The Kier molecular flexibility index (Phi) is 14.7. The van der Waals surface area contributed by atoms with E-state index in [1.807, 2.05) is 48.5 Å². The van der Waals surface area contributed by atoms with Crippen LogP contribution in [0.3, 0.4) is 0 Å². The highest BCUT2D eigenvalue weighted by Crippen LogP contribution is 2.40. The number of aromatic nitrogens is 4. The Morgan fingerprint density at radius 3 is 0.824 bits per heavy atom. The molecule has 346 valence electrons. The van der Waals surface area contributed by atoms with Gasteiger partial charge in [-0.15, -0.1) is 0 Å². The van der Waals surface area contributed by atoms with E-state index in [4.69, 9.17) is 51.9 Å². The van der Waals surface area contributed by atoms with Gasteiger partial charge in [0.15, 0.2) is 0 Å². The molecular formula is C56H58N8O4. The van der Waals surface area contributed by atoms with Gasteiger partial charge in [0, 0.05) is 44.3 Å². The van der Waals surface area contributed by atoms with Crippen molar-refractivity contribution in [1.82, 2.24) is 19.9 Å². The van der Waals surface area contributed by atoms with E-state index in [0.717, 1.165) is 138 Å². The van der Waals surface area contributed by atoms with Gasteiger partial charge in [-0.1, -0.05) is 48.5 Å². The monoisotopic (exact) mass is 906 g/mol. The fraction of sp³-hybridized carbons (Fsp3) is 0.214. The van der Waals surface area contributed by atoms with Crippen LogP contribution in [0.2, 0.25) is 0 Å². The summed E-state index contributed by atoms with van der Waals surface area (Å²) < 4.78 is 24.8. The average Bonchev–Trinajstić information content (AvgIpc) is 4.21. The predicted octanol–water partition coefficient (Wildman–Crippen LogP) is 10.2. The standard InChI is InChI=1S/C56H58N8O4/c57-25-5-29-65-41-13-1-9-37(33-41)53-45-17-19-47(61-45)54(38-10-2-14-42(34-38)66-30-6-26-58)49-21-23-51(63-49)56(40-12-4-16-44(36-40)68-32-8-28-60)52-24-22-50(64-52)55(48-20-18-46(53)62-48)39-11-3-15-43(35-39)67-31-7-27-59/h1-4,9-24,33-36,61,64H,5-8,25-32,57-60H2. The van der Waals surface area contributed by atoms with Crippen LogP contribution in [0.25, 0.3) is 90.9 Å². The summed E-state index contributed by atoms with van der Waals surface area (Å²) in [6, 6.07) is 41.0. The molecule has 0 saturated carbocycles. The minimum Gasteiger partial charge on any atom is -0.494 e. The molecule has 68 heavy (non-hydrogen) atoms. The van der Waals surface area contributed by atoms with Gasteiger partial charge in [0.1, 0.15) is 23.0 Å². The number of nitrogens with one attached hydrogen (secondary N) is 2. The average molecular weight is 907 g/mol. The molecule has 0 atom stereocenters. The zero-order valence-corrected chi connectivity index (χ0v) is 38.2. The molecule has 5 heterocycles. The Labute approximate surface area is 396 Å². The van der Waals surface area contributed by atoms with Crippen LogP contribution in [-0.4, -0.2) is 72.5 Å². The number of benzene rings is 4. The van der Waals surface area contributed by atoms with Crippen LogP contribution < -0.4 is 41.9 Å². The fourth-order valence-electron chi connectivity index (χ4n) is 8.48. The second kappa shape index (κ2) is 21.9. The van der Waals surface area contributed by atoms with Crippen LogP contribution in [-0.2, 0) is 0 Å². The predicted molar refractivity (Wildman–Crippen MR) is 277 cm³/mol. The Bertz CT molecular complexity index is 2710. The third-order valence-electron chi connectivity index (χ3n) is 11.7. The summed E-state index contributed by atoms with van der Waals surface area (Å²) in [6.45, 7) is 4.25. The summed E-state index contributed by atoms with van der Waals surface area (Å²) in [5, 5.41) is 0. The van der Waals surface area contributed by atoms with Gasteiger partial charge < -0.3 is 51.9 Å². The fourth-order valence-corrected chi connectivity index (χ4v) is 8.48. The van der Waals surface area contributed by atoms with Gasteiger partial charge in [-0.05, 0) is 171 Å². The van der Waals surface area contributed by atoms with Gasteiger partial charge in [-0.25, -0.2) is 9.97 Å². The van der Waals surface area contributed by atoms with Crippen LogP contribution in [0, 0.1) is 0 Å². The number of fused-ring (bicyclic) bond motifs is 8. The van der Waals surface area contributed by atoms with Crippen LogP contribution in [0.5, 0.6) is 23.0 Å². The first-order valence-electron chi connectivity index (χ1n) is 23.4. The third kappa shape index (κ3) is 10.4. The van der Waals surface area contributed by atoms with E-state index in [1.54, 1.807) is 0 Å². The molecule has 3 aromatic heterocycles. The van der Waals surface area contributed by atoms with E-state index in [9.17, 15) is 0 Å². The topological polar surface area (TPSA) is 198 Å². The van der Waals surface area contributed by atoms with E-state index < -0.39 is 0 Å². The Morgan fingerprint density at radius 2 is 0.588 bits per heavy atom. The van der Waals surface area contributed by atoms with Crippen molar-refractivity contribution >= 4 is 46.4 Å². The molecule has 2 aliphatic rings. The maximum absolute atomic E-state index is 6.19. The van der Waals surface area contributed by atoms with E-state index in [-0.39, 0.29) is 0 Å². The van der Waals surface area contributed by atoms with E-state index >= 15 is 0 Å². The molecule has 0 spiro atoms. The smallest absolute Gasteiger partial charge is 0.119 e. The molecule has 8 bridgehead atoms. The molecule has 12 nitrogen and oxygen atoms in total. The van der Waals surface area contributed by atoms with Crippen molar-refractivity contribution in [2.75, 3.05) is 52.6 Å². The minimum absolute atomic E-state index is 0.515. The molecule has 7 aromatic rings. The lowest BCUT2D eigenvalue weighted by molar-refractivity contribution is 0.313. The molecule has 0 aliphatic carbocycles. The molecule has 0 fully saturated rings. The molecular weight excluding hydrogens is 849 g/mol. The molecule has 0 unspecified atom stereocenters. The highest BCUT2D eigenvalue weighted by molar-refractivity contribution is 6.00. The van der Waals surface area contributed by atoms with Gasteiger partial charge in [-0.3, -0.25) is 0 Å². The second-order valence-electron chi connectivity index (χ2n) is 16.6. The van der Waals surface area contributed by atoms with Crippen molar-refractivity contribution in [3.05, 3.63) is 144 Å². The Morgan fingerprint density at radius 1 is 0.338 bits per heavy atom. The van der Waals surface area contributed by atoms with Gasteiger partial charge >= 0.3 is 0 Å². The maximum Gasteiger partial charge on any atom is 0.119 e. The van der Waals surface area contributed by atoms with Crippen molar-refractivity contribution < 1.29 is 18.9 Å². The number of H-pyrrole nitrogens is 2. The maximum atomic E-state index is 6.19. The minimum atomic E-state index is 0.515. The summed E-state index contributed by atoms with van der Waals surface area (Å²) in [5.41, 5.74) is 37.3. The first kappa shape index (κ1) is 45.7. The summed E-state index contributed by atoms with van der Waals surface area (Å²) in [7, 11) is 0. The number of rotatable bonds is 20. The molecule has 10 N–H and O–H groups in total. The summed E-state index contributed by atoms with van der Waals surface area (Å²) in [6.07, 6.45) is 11.3. The van der Waals surface area contributed by atoms with Crippen LogP contribution >= 0.6 is 0 Å². The molecule has 2 aliphatic heterocycles. The lowest BCUT2D eigenvalue weighted by Crippen LogP contribution is -2.06. The number of aromatic amines is 2. The molecule has 0 radical (unpaired) electrons. The quantitative estimate of drug-likeness (QED) is 0.0400. The van der Waals surface area contributed by atoms with Crippen LogP contribution in [0.4, 0.5) is 0 Å². The lowest BCUT2D eigenvalue weighted by Gasteiger charge is -2.10. The van der Waals surface area contributed by atoms with Crippen LogP contribution in [0.1, 0.15) is 48.5 Å². The van der Waals surface area contributed by atoms with Crippen molar-refractivity contribution in [3.8, 4) is 67.5 Å². The number of nitrogens with zero attached hydrogens (tertiary/aromatic N) is 2. The Balaban J connectivity index is 1.37. The molecule has 9 rings (SSSR count). The molecule has 0 amide bonds. The first-order chi connectivity index (χ1) is 33.5. The lowest BCUT2D eigenvalue weighted by atomic mass is 10.0. The number of nitrogens with two attached hydrogens (primary N) is 4. The first-order valence-corrected chi connectivity index (χ1v) is 23.4. The molecule has 4 aromatic carbocycles. The summed E-state index contributed by atoms with van der Waals surface area (Å²) in [5.74, 6) is 3.00. The van der Waals surface area contributed by atoms with E-state index in [1.165, 1.54) is 0 Å². The largest absolute Gasteiger partial charge is 0.494 e. The van der Waals surface area contributed by atoms with Crippen molar-refractivity contribution in [3.63, 3.8) is 0 Å². The Hall–Kier alpha value is -7.48. The molecule has 12 heteroatoms. The van der Waals surface area contributed by atoms with Crippen molar-refractivity contribution in [2.24, 2.45) is 22.9 Å². The normalized spacial score (nSPS) is 11.8. The highest BCUT2D eigenvalue weighted by Gasteiger charge is 2.20. The summed E-state index contributed by atoms with van der Waals surface area (Å²) in [4.78, 5) is 18.7. The van der Waals surface area contributed by atoms with Gasteiger partial charge in [0.05, 0.1) is 49.2 Å². The zero-order chi connectivity index (χ0) is 46.7. The van der Waals surface area contributed by atoms with E-state index in [2.05, 4.69) is 107 Å². The van der Waals surface area contributed by atoms with Crippen molar-refractivity contribution in [2.45, 2.75) is 25.7 Å². The summed E-state index contributed by atoms with van der Waals surface area (Å²) >= 11 is 0. The molecule has 0 saturated heterocycles. The van der Waals surface area contributed by atoms with Crippen molar-refractivity contribution in [1.29, 1.82) is 0 Å². The third-order valence-corrected chi connectivity index (χ3v) is 11.7. The highest BCUT2D eigenvalue weighted by atomic mass is 16.5. The zero-order valence-electron chi connectivity index (χ0n) is 38.2. The van der Waals surface area contributed by atoms with E-state index in [0.29, 0.717) is 52.6 Å². The van der Waals surface area contributed by atoms with Gasteiger partial charge in [0.25, 0.3) is 0 Å². The number of hydrogen-bond acceptors (Lipinski definition) is 10. The van der Waals surface area contributed by atoms with Gasteiger partial charge in [0.2, 0.25) is 0 Å². The number of ether oxygens (including phenoxy) is 4. The number of hydrogen-bond donors (Lipinski definition) is 6. The van der Waals surface area contributed by atoms with Gasteiger partial charge in [-0.2, -0.15) is 0 Å². The second-order valence-corrected chi connectivity index (χ2v) is 16.6.